The highest BCUT2D eigenvalue weighted by atomic mass is 79.9. The van der Waals surface area contributed by atoms with Crippen LogP contribution in [0.2, 0.25) is 0 Å². The number of aryl methyl sites for hydroxylation is 1. The van der Waals surface area contributed by atoms with E-state index in [9.17, 15) is 9.90 Å². The molecule has 0 fully saturated rings. The molecule has 0 radical (unpaired) electrons. The minimum Gasteiger partial charge on any atom is -0.491 e. The van der Waals surface area contributed by atoms with Gasteiger partial charge >= 0.3 is 5.97 Å². The summed E-state index contributed by atoms with van der Waals surface area (Å²) in [7, 11) is 0. The maximum atomic E-state index is 11.2. The van der Waals surface area contributed by atoms with E-state index in [1.807, 2.05) is 25.1 Å². The van der Waals surface area contributed by atoms with E-state index in [0.29, 0.717) is 10.6 Å². The Bertz CT molecular complexity index is 916. The SMILES string of the molecule is CCC(C)Oc1cc(Br)c2sc(-c3nc(C)c(C(=O)O)s3)cc2c1. The third-order valence-electron chi connectivity index (χ3n) is 3.66. The molecule has 2 heterocycles. The first-order valence-corrected chi connectivity index (χ1v) is 9.92. The van der Waals surface area contributed by atoms with Crippen LogP contribution in [0.15, 0.2) is 22.7 Å². The standard InChI is InChI=1S/C17H16BrNO3S2/c1-4-8(2)22-11-5-10-6-13(23-15(10)12(18)7-11)16-19-9(3)14(24-16)17(20)21/h5-8H,4H2,1-3H3,(H,20,21). The second kappa shape index (κ2) is 6.82. The van der Waals surface area contributed by atoms with Gasteiger partial charge in [0.05, 0.1) is 16.7 Å². The first-order chi connectivity index (χ1) is 11.4. The van der Waals surface area contributed by atoms with Crippen LogP contribution < -0.4 is 4.74 Å². The zero-order valence-electron chi connectivity index (χ0n) is 13.4. The third-order valence-corrected chi connectivity index (χ3v) is 7.04. The van der Waals surface area contributed by atoms with Gasteiger partial charge in [-0.15, -0.1) is 22.7 Å². The second-order valence-electron chi connectivity index (χ2n) is 5.51. The van der Waals surface area contributed by atoms with Gasteiger partial charge in [0.2, 0.25) is 0 Å². The van der Waals surface area contributed by atoms with Crippen LogP contribution in [0.1, 0.15) is 35.6 Å². The lowest BCUT2D eigenvalue weighted by Gasteiger charge is -2.12. The van der Waals surface area contributed by atoms with E-state index >= 15 is 0 Å². The third kappa shape index (κ3) is 3.34. The van der Waals surface area contributed by atoms with Gasteiger partial charge in [0.25, 0.3) is 0 Å². The lowest BCUT2D eigenvalue weighted by molar-refractivity contribution is 0.0701. The number of ether oxygens (including phenoxy) is 1. The van der Waals surface area contributed by atoms with Crippen molar-refractivity contribution in [1.29, 1.82) is 0 Å². The van der Waals surface area contributed by atoms with Crippen LogP contribution in [0, 0.1) is 6.92 Å². The van der Waals surface area contributed by atoms with Crippen molar-refractivity contribution in [2.45, 2.75) is 33.3 Å². The number of hydrogen-bond donors (Lipinski definition) is 1. The molecular formula is C17H16BrNO3S2. The molecule has 0 aliphatic heterocycles. The van der Waals surface area contributed by atoms with Crippen LogP contribution in [0.3, 0.4) is 0 Å². The van der Waals surface area contributed by atoms with Crippen LogP contribution in [-0.4, -0.2) is 22.2 Å². The number of carboxylic acids is 1. The predicted molar refractivity (Wildman–Crippen MR) is 103 cm³/mol. The monoisotopic (exact) mass is 425 g/mol. The lowest BCUT2D eigenvalue weighted by atomic mass is 10.2. The van der Waals surface area contributed by atoms with E-state index in [1.54, 1.807) is 18.3 Å². The predicted octanol–water partition coefficient (Wildman–Crippen LogP) is 5.97. The van der Waals surface area contributed by atoms with Gasteiger partial charge in [-0.1, -0.05) is 6.92 Å². The number of nitrogens with zero attached hydrogens (tertiary/aromatic N) is 1. The minimum atomic E-state index is -0.928. The number of hydrogen-bond acceptors (Lipinski definition) is 5. The number of fused-ring (bicyclic) bond motifs is 1. The normalized spacial score (nSPS) is 12.5. The average molecular weight is 426 g/mol. The Kier molecular flexibility index (Phi) is 4.94. The number of thiophene rings is 1. The van der Waals surface area contributed by atoms with Gasteiger partial charge in [0.15, 0.2) is 0 Å². The molecule has 0 saturated heterocycles. The van der Waals surface area contributed by atoms with E-state index in [1.165, 1.54) is 11.3 Å². The first kappa shape index (κ1) is 17.4. The smallest absolute Gasteiger partial charge is 0.347 e. The van der Waals surface area contributed by atoms with Gasteiger partial charge in [-0.05, 0) is 59.8 Å². The quantitative estimate of drug-likeness (QED) is 0.546. The Labute approximate surface area is 156 Å². The van der Waals surface area contributed by atoms with Gasteiger partial charge in [-0.25, -0.2) is 9.78 Å². The summed E-state index contributed by atoms with van der Waals surface area (Å²) in [6, 6.07) is 6.04. The first-order valence-electron chi connectivity index (χ1n) is 7.50. The van der Waals surface area contributed by atoms with E-state index in [2.05, 4.69) is 27.8 Å². The maximum absolute atomic E-state index is 11.2. The summed E-state index contributed by atoms with van der Waals surface area (Å²) < 4.78 is 7.98. The van der Waals surface area contributed by atoms with Crippen molar-refractivity contribution in [2.24, 2.45) is 0 Å². The number of halogens is 1. The van der Waals surface area contributed by atoms with E-state index in [-0.39, 0.29) is 6.10 Å². The summed E-state index contributed by atoms with van der Waals surface area (Å²) >= 11 is 6.42. The number of carboxylic acid groups (broad SMARTS) is 1. The Morgan fingerprint density at radius 1 is 1.38 bits per heavy atom. The molecule has 3 rings (SSSR count). The Morgan fingerprint density at radius 3 is 2.75 bits per heavy atom. The summed E-state index contributed by atoms with van der Waals surface area (Å²) in [6.45, 7) is 5.86. The summed E-state index contributed by atoms with van der Waals surface area (Å²) in [6.07, 6.45) is 1.10. The number of benzene rings is 1. The largest absolute Gasteiger partial charge is 0.491 e. The van der Waals surface area contributed by atoms with Crippen LogP contribution in [0.5, 0.6) is 5.75 Å². The van der Waals surface area contributed by atoms with E-state index in [4.69, 9.17) is 4.74 Å². The number of carbonyl (C=O) groups is 1. The summed E-state index contributed by atoms with van der Waals surface area (Å²) in [5.74, 6) is -0.0996. The highest BCUT2D eigenvalue weighted by Gasteiger charge is 2.17. The van der Waals surface area contributed by atoms with Crippen molar-refractivity contribution in [1.82, 2.24) is 4.98 Å². The van der Waals surface area contributed by atoms with E-state index in [0.717, 1.165) is 36.6 Å². The van der Waals surface area contributed by atoms with Crippen molar-refractivity contribution >= 4 is 54.7 Å². The number of rotatable bonds is 5. The van der Waals surface area contributed by atoms with E-state index < -0.39 is 5.97 Å². The van der Waals surface area contributed by atoms with Crippen molar-refractivity contribution < 1.29 is 14.6 Å². The number of aromatic nitrogens is 1. The fraction of sp³-hybridized carbons (Fsp3) is 0.294. The molecular weight excluding hydrogens is 410 g/mol. The average Bonchev–Trinajstić information content (AvgIpc) is 3.10. The van der Waals surface area contributed by atoms with Crippen molar-refractivity contribution in [3.63, 3.8) is 0 Å². The molecule has 0 saturated carbocycles. The van der Waals surface area contributed by atoms with Gasteiger partial charge in [-0.3, -0.25) is 0 Å². The zero-order valence-corrected chi connectivity index (χ0v) is 16.6. The van der Waals surface area contributed by atoms with Crippen molar-refractivity contribution in [3.05, 3.63) is 33.2 Å². The molecule has 0 aliphatic rings. The van der Waals surface area contributed by atoms with Crippen molar-refractivity contribution in [2.75, 3.05) is 0 Å². The molecule has 1 unspecified atom stereocenters. The van der Waals surface area contributed by atoms with Crippen LogP contribution in [0.4, 0.5) is 0 Å². The maximum Gasteiger partial charge on any atom is 0.347 e. The number of aromatic carboxylic acids is 1. The molecule has 0 bridgehead atoms. The van der Waals surface area contributed by atoms with Gasteiger partial charge in [0, 0.05) is 9.17 Å². The molecule has 1 N–H and O–H groups in total. The fourth-order valence-corrected chi connectivity index (χ4v) is 4.97. The topological polar surface area (TPSA) is 59.4 Å². The van der Waals surface area contributed by atoms with Gasteiger partial charge < -0.3 is 9.84 Å². The molecule has 4 nitrogen and oxygen atoms in total. The Hall–Kier alpha value is -1.44. The highest BCUT2D eigenvalue weighted by molar-refractivity contribution is 9.10. The summed E-state index contributed by atoms with van der Waals surface area (Å²) in [5.41, 5.74) is 0.555. The lowest BCUT2D eigenvalue weighted by Crippen LogP contribution is -2.09. The molecule has 1 atom stereocenters. The van der Waals surface area contributed by atoms with Gasteiger partial charge in [-0.2, -0.15) is 0 Å². The molecule has 126 valence electrons. The number of thiazole rings is 1. The molecule has 0 spiro atoms. The molecule has 2 aromatic heterocycles. The summed E-state index contributed by atoms with van der Waals surface area (Å²) in [5, 5.41) is 11.0. The highest BCUT2D eigenvalue weighted by Crippen LogP contribution is 2.41. The fourth-order valence-electron chi connectivity index (χ4n) is 2.27. The minimum absolute atomic E-state index is 0.159. The van der Waals surface area contributed by atoms with Crippen LogP contribution >= 0.6 is 38.6 Å². The Morgan fingerprint density at radius 2 is 2.12 bits per heavy atom. The Balaban J connectivity index is 2.03. The van der Waals surface area contributed by atoms with Crippen LogP contribution in [-0.2, 0) is 0 Å². The molecule has 3 aromatic rings. The summed E-state index contributed by atoms with van der Waals surface area (Å²) in [4.78, 5) is 16.9. The second-order valence-corrected chi connectivity index (χ2v) is 8.42. The molecule has 24 heavy (non-hydrogen) atoms. The van der Waals surface area contributed by atoms with Crippen molar-refractivity contribution in [3.8, 4) is 15.6 Å². The molecule has 7 heteroatoms. The zero-order chi connectivity index (χ0) is 17.4. The molecule has 0 aliphatic carbocycles. The molecule has 1 aromatic carbocycles. The van der Waals surface area contributed by atoms with Crippen LogP contribution in [0.25, 0.3) is 20.0 Å². The molecule has 0 amide bonds. The van der Waals surface area contributed by atoms with Gasteiger partial charge in [0.1, 0.15) is 15.6 Å².